The maximum Gasteiger partial charge on any atom is 0.309 e. The van der Waals surface area contributed by atoms with E-state index in [1.54, 1.807) is 30.3 Å². The second-order valence-electron chi connectivity index (χ2n) is 5.08. The molecule has 0 saturated carbocycles. The Hall–Kier alpha value is -2.53. The molecule has 0 aliphatic rings. The van der Waals surface area contributed by atoms with Crippen LogP contribution in [0.1, 0.15) is 12.0 Å². The highest BCUT2D eigenvalue weighted by molar-refractivity contribution is 6.31. The smallest absolute Gasteiger partial charge is 0.309 e. The van der Waals surface area contributed by atoms with Gasteiger partial charge in [0.15, 0.2) is 6.61 Å². The molecule has 5 nitrogen and oxygen atoms in total. The number of nitrogens with one attached hydrogen (secondary N) is 1. The third kappa shape index (κ3) is 5.93. The third-order valence-electron chi connectivity index (χ3n) is 3.14. The molecule has 2 aromatic rings. The summed E-state index contributed by atoms with van der Waals surface area (Å²) in [6.07, 6.45) is 0.0680. The standard InChI is InChI=1S/C18H18ClNO4/c1-13-7-8-14(11-16(13)19)20-17(21)12-24-18(22)9-10-23-15-5-3-2-4-6-15/h2-8,11H,9-10,12H2,1H3,(H,20,21). The SMILES string of the molecule is Cc1ccc(NC(=O)COC(=O)CCOc2ccccc2)cc1Cl. The van der Waals surface area contributed by atoms with Crippen molar-refractivity contribution in [3.63, 3.8) is 0 Å². The Balaban J connectivity index is 1.67. The van der Waals surface area contributed by atoms with Crippen LogP contribution >= 0.6 is 11.6 Å². The molecule has 0 aromatic heterocycles. The van der Waals surface area contributed by atoms with Crippen molar-refractivity contribution in [2.24, 2.45) is 0 Å². The molecule has 0 unspecified atom stereocenters. The van der Waals surface area contributed by atoms with E-state index in [4.69, 9.17) is 21.1 Å². The fourth-order valence-electron chi connectivity index (χ4n) is 1.85. The van der Waals surface area contributed by atoms with E-state index in [9.17, 15) is 9.59 Å². The van der Waals surface area contributed by atoms with Crippen LogP contribution in [0.4, 0.5) is 5.69 Å². The number of esters is 1. The number of para-hydroxylation sites is 1. The first kappa shape index (κ1) is 17.8. The molecule has 0 atom stereocenters. The average molecular weight is 348 g/mol. The Morgan fingerprint density at radius 3 is 2.58 bits per heavy atom. The zero-order valence-electron chi connectivity index (χ0n) is 13.3. The molecule has 1 amide bonds. The van der Waals surface area contributed by atoms with E-state index in [0.717, 1.165) is 5.56 Å². The highest BCUT2D eigenvalue weighted by atomic mass is 35.5. The van der Waals surface area contributed by atoms with Crippen molar-refractivity contribution in [3.05, 3.63) is 59.1 Å². The molecule has 0 fully saturated rings. The van der Waals surface area contributed by atoms with Crippen LogP contribution in [0, 0.1) is 6.92 Å². The number of amides is 1. The van der Waals surface area contributed by atoms with E-state index in [1.807, 2.05) is 25.1 Å². The van der Waals surface area contributed by atoms with Gasteiger partial charge in [0.2, 0.25) is 0 Å². The topological polar surface area (TPSA) is 64.6 Å². The fraction of sp³-hybridized carbons (Fsp3) is 0.222. The first-order valence-corrected chi connectivity index (χ1v) is 7.82. The van der Waals surface area contributed by atoms with Gasteiger partial charge in [0.05, 0.1) is 13.0 Å². The number of aryl methyl sites for hydroxylation is 1. The summed E-state index contributed by atoms with van der Waals surface area (Å²) in [5.74, 6) is -0.241. The number of hydrogen-bond acceptors (Lipinski definition) is 4. The predicted molar refractivity (Wildman–Crippen MR) is 92.3 cm³/mol. The molecule has 0 heterocycles. The summed E-state index contributed by atoms with van der Waals surface area (Å²) in [5.41, 5.74) is 1.47. The predicted octanol–water partition coefficient (Wildman–Crippen LogP) is 3.60. The second-order valence-corrected chi connectivity index (χ2v) is 5.49. The highest BCUT2D eigenvalue weighted by Crippen LogP contribution is 2.19. The molecule has 0 spiro atoms. The number of hydrogen-bond donors (Lipinski definition) is 1. The van der Waals surface area contributed by atoms with E-state index in [2.05, 4.69) is 5.32 Å². The van der Waals surface area contributed by atoms with Crippen LogP contribution in [0.5, 0.6) is 5.75 Å². The van der Waals surface area contributed by atoms with Gasteiger partial charge in [-0.1, -0.05) is 35.9 Å². The largest absolute Gasteiger partial charge is 0.493 e. The van der Waals surface area contributed by atoms with Gasteiger partial charge in [-0.15, -0.1) is 0 Å². The summed E-state index contributed by atoms with van der Waals surface area (Å²) in [6.45, 7) is 1.71. The highest BCUT2D eigenvalue weighted by Gasteiger charge is 2.09. The second kappa shape index (κ2) is 8.93. The van der Waals surface area contributed by atoms with Gasteiger partial charge in [-0.25, -0.2) is 0 Å². The summed E-state index contributed by atoms with van der Waals surface area (Å²) < 4.78 is 10.3. The van der Waals surface area contributed by atoms with Crippen LogP contribution in [-0.4, -0.2) is 25.1 Å². The van der Waals surface area contributed by atoms with Gasteiger partial charge in [-0.2, -0.15) is 0 Å². The van der Waals surface area contributed by atoms with Gasteiger partial charge >= 0.3 is 5.97 Å². The van der Waals surface area contributed by atoms with Crippen molar-refractivity contribution in [2.45, 2.75) is 13.3 Å². The Morgan fingerprint density at radius 2 is 1.88 bits per heavy atom. The van der Waals surface area contributed by atoms with Crippen LogP contribution in [0.15, 0.2) is 48.5 Å². The minimum Gasteiger partial charge on any atom is -0.493 e. The summed E-state index contributed by atoms with van der Waals surface area (Å²) in [6, 6.07) is 14.3. The van der Waals surface area contributed by atoms with E-state index in [0.29, 0.717) is 16.5 Å². The minimum absolute atomic E-state index is 0.0680. The normalized spacial score (nSPS) is 10.1. The van der Waals surface area contributed by atoms with Gasteiger partial charge in [0.25, 0.3) is 5.91 Å². The molecule has 2 aromatic carbocycles. The molecular weight excluding hydrogens is 330 g/mol. The van der Waals surface area contributed by atoms with Gasteiger partial charge in [0.1, 0.15) is 5.75 Å². The van der Waals surface area contributed by atoms with Gasteiger partial charge in [-0.3, -0.25) is 9.59 Å². The molecule has 0 aliphatic carbocycles. The molecule has 0 radical (unpaired) electrons. The summed E-state index contributed by atoms with van der Waals surface area (Å²) in [5, 5.41) is 3.17. The van der Waals surface area contributed by atoms with Crippen molar-refractivity contribution in [1.82, 2.24) is 0 Å². The van der Waals surface area contributed by atoms with E-state index in [1.165, 1.54) is 0 Å². The van der Waals surface area contributed by atoms with Crippen molar-refractivity contribution in [2.75, 3.05) is 18.5 Å². The molecule has 0 bridgehead atoms. The Kier molecular flexibility index (Phi) is 6.63. The number of carbonyl (C=O) groups excluding carboxylic acids is 2. The van der Waals surface area contributed by atoms with E-state index >= 15 is 0 Å². The number of rotatable bonds is 7. The lowest BCUT2D eigenvalue weighted by molar-refractivity contribution is -0.147. The van der Waals surface area contributed by atoms with Gasteiger partial charge in [0, 0.05) is 10.7 Å². The van der Waals surface area contributed by atoms with Gasteiger partial charge in [-0.05, 0) is 36.8 Å². The zero-order chi connectivity index (χ0) is 17.4. The molecule has 126 valence electrons. The van der Waals surface area contributed by atoms with Crippen LogP contribution in [0.3, 0.4) is 0 Å². The molecule has 24 heavy (non-hydrogen) atoms. The van der Waals surface area contributed by atoms with Crippen LogP contribution in [-0.2, 0) is 14.3 Å². The first-order valence-electron chi connectivity index (χ1n) is 7.44. The molecule has 2 rings (SSSR count). The lowest BCUT2D eigenvalue weighted by atomic mass is 10.2. The van der Waals surface area contributed by atoms with Crippen LogP contribution in [0.2, 0.25) is 5.02 Å². The molecule has 0 aliphatic heterocycles. The Morgan fingerprint density at radius 1 is 1.12 bits per heavy atom. The lowest BCUT2D eigenvalue weighted by Gasteiger charge is -2.08. The Labute approximate surface area is 145 Å². The van der Waals surface area contributed by atoms with Gasteiger partial charge < -0.3 is 14.8 Å². The van der Waals surface area contributed by atoms with Crippen molar-refractivity contribution >= 4 is 29.2 Å². The van der Waals surface area contributed by atoms with E-state index in [-0.39, 0.29) is 19.6 Å². The van der Waals surface area contributed by atoms with Crippen LogP contribution in [0.25, 0.3) is 0 Å². The molecule has 1 N–H and O–H groups in total. The number of ether oxygens (including phenoxy) is 2. The summed E-state index contributed by atoms with van der Waals surface area (Å²) in [7, 11) is 0. The molecule has 0 saturated heterocycles. The Bertz CT molecular complexity index is 703. The van der Waals surface area contributed by atoms with Crippen molar-refractivity contribution < 1.29 is 19.1 Å². The monoisotopic (exact) mass is 347 g/mol. The third-order valence-corrected chi connectivity index (χ3v) is 3.55. The zero-order valence-corrected chi connectivity index (χ0v) is 14.0. The minimum atomic E-state index is -0.497. The molecule has 6 heteroatoms. The number of carbonyl (C=O) groups is 2. The summed E-state index contributed by atoms with van der Waals surface area (Å²) in [4.78, 5) is 23.3. The quantitative estimate of drug-likeness (QED) is 0.777. The molecular formula is C18H18ClNO4. The van der Waals surface area contributed by atoms with Crippen molar-refractivity contribution in [1.29, 1.82) is 0 Å². The maximum absolute atomic E-state index is 11.7. The average Bonchev–Trinajstić information content (AvgIpc) is 2.57. The number of benzene rings is 2. The lowest BCUT2D eigenvalue weighted by Crippen LogP contribution is -2.21. The maximum atomic E-state index is 11.7. The summed E-state index contributed by atoms with van der Waals surface area (Å²) >= 11 is 5.98. The fourth-order valence-corrected chi connectivity index (χ4v) is 2.04. The number of anilines is 1. The number of halogens is 1. The first-order chi connectivity index (χ1) is 11.5. The van der Waals surface area contributed by atoms with Crippen molar-refractivity contribution in [3.8, 4) is 5.75 Å². The van der Waals surface area contributed by atoms with Crippen LogP contribution < -0.4 is 10.1 Å². The van der Waals surface area contributed by atoms with E-state index < -0.39 is 11.9 Å².